The highest BCUT2D eigenvalue weighted by molar-refractivity contribution is 6.33. The molecule has 0 atom stereocenters. The van der Waals surface area contributed by atoms with Gasteiger partial charge in [0.25, 0.3) is 11.8 Å². The van der Waals surface area contributed by atoms with Crippen LogP contribution in [0.25, 0.3) is 0 Å². The van der Waals surface area contributed by atoms with E-state index in [1.165, 1.54) is 7.11 Å². The van der Waals surface area contributed by atoms with E-state index in [9.17, 15) is 9.59 Å². The van der Waals surface area contributed by atoms with Crippen LogP contribution in [0.15, 0.2) is 18.2 Å². The number of hydrogen-bond donors (Lipinski definition) is 2. The molecule has 0 bridgehead atoms. The number of rotatable bonds is 8. The highest BCUT2D eigenvalue weighted by Gasteiger charge is 2.21. The molecule has 0 saturated carbocycles. The number of ether oxygens (including phenoxy) is 2. The summed E-state index contributed by atoms with van der Waals surface area (Å²) in [5.41, 5.74) is 5.81. The van der Waals surface area contributed by atoms with Crippen molar-refractivity contribution in [2.45, 2.75) is 53.2 Å². The fourth-order valence-corrected chi connectivity index (χ4v) is 3.02. The molecule has 2 aromatic rings. The third-order valence-electron chi connectivity index (χ3n) is 4.09. The average Bonchev–Trinajstić information content (AvgIpc) is 2.97. The van der Waals surface area contributed by atoms with Crippen LogP contribution in [0.5, 0.6) is 11.5 Å². The summed E-state index contributed by atoms with van der Waals surface area (Å²) < 4.78 is 12.5. The van der Waals surface area contributed by atoms with Gasteiger partial charge in [0.1, 0.15) is 10.7 Å². The fourth-order valence-electron chi connectivity index (χ4n) is 2.68. The molecule has 2 N–H and O–H groups in total. The van der Waals surface area contributed by atoms with Crippen LogP contribution in [0.2, 0.25) is 5.15 Å². The number of methoxy groups -OCH3 is 1. The van der Waals surface area contributed by atoms with Crippen molar-refractivity contribution < 1.29 is 19.1 Å². The van der Waals surface area contributed by atoms with Crippen LogP contribution >= 0.6 is 11.6 Å². The Labute approximate surface area is 175 Å². The summed E-state index contributed by atoms with van der Waals surface area (Å²) >= 11 is 6.29. The highest BCUT2D eigenvalue weighted by atomic mass is 35.5. The van der Waals surface area contributed by atoms with Gasteiger partial charge in [0, 0.05) is 12.1 Å². The van der Waals surface area contributed by atoms with Gasteiger partial charge in [-0.1, -0.05) is 24.9 Å². The number of unbranched alkanes of at least 4 members (excludes halogenated alkanes) is 1. The van der Waals surface area contributed by atoms with Gasteiger partial charge in [-0.25, -0.2) is 0 Å². The largest absolute Gasteiger partial charge is 0.493 e. The van der Waals surface area contributed by atoms with E-state index in [0.29, 0.717) is 29.3 Å². The van der Waals surface area contributed by atoms with E-state index in [1.807, 2.05) is 13.8 Å². The number of carbonyl (C=O) groups is 2. The van der Waals surface area contributed by atoms with E-state index in [2.05, 4.69) is 22.9 Å². The minimum Gasteiger partial charge on any atom is -0.493 e. The summed E-state index contributed by atoms with van der Waals surface area (Å²) in [5.74, 6) is -0.0750. The molecule has 0 spiro atoms. The molecule has 0 aliphatic rings. The third-order valence-corrected chi connectivity index (χ3v) is 4.48. The molecule has 0 radical (unpaired) electrons. The fraction of sp³-hybridized carbons (Fsp3) is 0.450. The zero-order valence-electron chi connectivity index (χ0n) is 17.3. The molecule has 8 nitrogen and oxygen atoms in total. The Morgan fingerprint density at radius 2 is 1.90 bits per heavy atom. The normalized spacial score (nSPS) is 10.7. The molecule has 0 aliphatic heterocycles. The van der Waals surface area contributed by atoms with E-state index >= 15 is 0 Å². The molecule has 0 aliphatic carbocycles. The first-order valence-electron chi connectivity index (χ1n) is 9.46. The number of nitrogens with zero attached hydrogens (tertiary/aromatic N) is 2. The van der Waals surface area contributed by atoms with Crippen molar-refractivity contribution in [2.24, 2.45) is 0 Å². The third kappa shape index (κ3) is 5.63. The lowest BCUT2D eigenvalue weighted by molar-refractivity contribution is 0.0846. The second-order valence-corrected chi connectivity index (χ2v) is 7.13. The molecule has 158 valence electrons. The molecule has 0 unspecified atom stereocenters. The summed E-state index contributed by atoms with van der Waals surface area (Å²) in [6.45, 7) is 8.17. The van der Waals surface area contributed by atoms with Crippen molar-refractivity contribution in [3.63, 3.8) is 0 Å². The summed E-state index contributed by atoms with van der Waals surface area (Å²) in [4.78, 5) is 24.9. The molecule has 9 heteroatoms. The molecule has 2 amide bonds. The SMILES string of the molecule is CCCCn1nc(C)c(C(=O)NNC(=O)c2ccc(OC(C)C)c(OC)c2)c1Cl. The zero-order valence-corrected chi connectivity index (χ0v) is 18.1. The lowest BCUT2D eigenvalue weighted by Crippen LogP contribution is -2.41. The van der Waals surface area contributed by atoms with Gasteiger partial charge in [0.15, 0.2) is 11.5 Å². The Bertz CT molecular complexity index is 880. The van der Waals surface area contributed by atoms with Crippen molar-refractivity contribution in [2.75, 3.05) is 7.11 Å². The Kier molecular flexibility index (Phi) is 7.90. The van der Waals surface area contributed by atoms with Crippen LogP contribution in [0, 0.1) is 6.92 Å². The molecule has 1 heterocycles. The Morgan fingerprint density at radius 3 is 2.52 bits per heavy atom. The maximum Gasteiger partial charge on any atom is 0.274 e. The number of hydrogen-bond acceptors (Lipinski definition) is 5. The van der Waals surface area contributed by atoms with E-state index in [1.54, 1.807) is 29.8 Å². The van der Waals surface area contributed by atoms with E-state index in [4.69, 9.17) is 21.1 Å². The van der Waals surface area contributed by atoms with Crippen molar-refractivity contribution in [1.29, 1.82) is 0 Å². The minimum absolute atomic E-state index is 0.0332. The summed E-state index contributed by atoms with van der Waals surface area (Å²) in [6.07, 6.45) is 1.85. The number of aryl methyl sites for hydroxylation is 2. The first-order chi connectivity index (χ1) is 13.8. The molecule has 1 aromatic carbocycles. The summed E-state index contributed by atoms with van der Waals surface area (Å²) in [6, 6.07) is 4.78. The van der Waals surface area contributed by atoms with Crippen LogP contribution in [-0.2, 0) is 6.54 Å². The predicted octanol–water partition coefficient (Wildman–Crippen LogP) is 3.52. The van der Waals surface area contributed by atoms with Crippen LogP contribution in [0.3, 0.4) is 0 Å². The smallest absolute Gasteiger partial charge is 0.274 e. The number of halogens is 1. The van der Waals surface area contributed by atoms with Crippen molar-refractivity contribution >= 4 is 23.4 Å². The average molecular weight is 423 g/mol. The van der Waals surface area contributed by atoms with E-state index < -0.39 is 11.8 Å². The van der Waals surface area contributed by atoms with Gasteiger partial charge in [-0.2, -0.15) is 5.10 Å². The number of amides is 2. The zero-order chi connectivity index (χ0) is 21.6. The van der Waals surface area contributed by atoms with Crippen LogP contribution < -0.4 is 20.3 Å². The maximum absolute atomic E-state index is 12.5. The molecule has 2 rings (SSSR count). The molecule has 0 saturated heterocycles. The van der Waals surface area contributed by atoms with Crippen LogP contribution in [-0.4, -0.2) is 34.8 Å². The van der Waals surface area contributed by atoms with Gasteiger partial charge < -0.3 is 9.47 Å². The lowest BCUT2D eigenvalue weighted by atomic mass is 10.2. The van der Waals surface area contributed by atoms with Crippen LogP contribution in [0.1, 0.15) is 60.0 Å². The van der Waals surface area contributed by atoms with Gasteiger partial charge in [-0.3, -0.25) is 25.1 Å². The monoisotopic (exact) mass is 422 g/mol. The number of nitrogens with one attached hydrogen (secondary N) is 2. The number of aromatic nitrogens is 2. The second kappa shape index (κ2) is 10.2. The summed E-state index contributed by atoms with van der Waals surface area (Å²) in [5, 5.41) is 4.54. The number of carbonyl (C=O) groups excluding carboxylic acids is 2. The van der Waals surface area contributed by atoms with Gasteiger partial charge in [-0.15, -0.1) is 0 Å². The maximum atomic E-state index is 12.5. The van der Waals surface area contributed by atoms with Gasteiger partial charge in [0.05, 0.1) is 18.9 Å². The molecule has 0 fully saturated rings. The van der Waals surface area contributed by atoms with Crippen LogP contribution in [0.4, 0.5) is 0 Å². The molecular weight excluding hydrogens is 396 g/mol. The highest BCUT2D eigenvalue weighted by Crippen LogP contribution is 2.29. The molecular formula is C20H27ClN4O4. The van der Waals surface area contributed by atoms with E-state index in [0.717, 1.165) is 12.8 Å². The topological polar surface area (TPSA) is 94.5 Å². The quantitative estimate of drug-likeness (QED) is 0.635. The predicted molar refractivity (Wildman–Crippen MR) is 111 cm³/mol. The number of benzene rings is 1. The first kappa shape index (κ1) is 22.5. The lowest BCUT2D eigenvalue weighted by Gasteiger charge is -2.14. The van der Waals surface area contributed by atoms with E-state index in [-0.39, 0.29) is 16.8 Å². The van der Waals surface area contributed by atoms with Crippen molar-refractivity contribution in [1.82, 2.24) is 20.6 Å². The molecule has 29 heavy (non-hydrogen) atoms. The number of hydrazine groups is 1. The summed E-state index contributed by atoms with van der Waals surface area (Å²) in [7, 11) is 1.49. The Hall–Kier alpha value is -2.74. The second-order valence-electron chi connectivity index (χ2n) is 6.77. The van der Waals surface area contributed by atoms with Gasteiger partial charge in [-0.05, 0) is 45.4 Å². The Morgan fingerprint density at radius 1 is 1.21 bits per heavy atom. The van der Waals surface area contributed by atoms with Gasteiger partial charge >= 0.3 is 0 Å². The molecule has 1 aromatic heterocycles. The first-order valence-corrected chi connectivity index (χ1v) is 9.84. The van der Waals surface area contributed by atoms with Gasteiger partial charge in [0.2, 0.25) is 0 Å². The minimum atomic E-state index is -0.532. The standard InChI is InChI=1S/C20H27ClN4O4/c1-6-7-10-25-18(21)17(13(4)24-25)20(27)23-22-19(26)14-8-9-15(29-12(2)3)16(11-14)28-5/h8-9,11-12H,6-7,10H2,1-5H3,(H,22,26)(H,23,27). The van der Waals surface area contributed by atoms with Crippen molar-refractivity contribution in [3.8, 4) is 11.5 Å². The Balaban J connectivity index is 2.07. The van der Waals surface area contributed by atoms with Crippen molar-refractivity contribution in [3.05, 3.63) is 40.2 Å².